The minimum Gasteiger partial charge on any atom is -0.457 e. The van der Waals surface area contributed by atoms with Crippen LogP contribution in [-0.4, -0.2) is 11.5 Å². The van der Waals surface area contributed by atoms with E-state index in [1.165, 1.54) is 28.7 Å². The molecule has 3 nitrogen and oxygen atoms in total. The van der Waals surface area contributed by atoms with Gasteiger partial charge in [0, 0.05) is 28.6 Å². The molecule has 0 saturated carbocycles. The first-order chi connectivity index (χ1) is 9.90. The Morgan fingerprint density at radius 2 is 1.90 bits per heavy atom. The van der Waals surface area contributed by atoms with E-state index >= 15 is 0 Å². The molecule has 2 heterocycles. The van der Waals surface area contributed by atoms with E-state index in [-0.39, 0.29) is 0 Å². The van der Waals surface area contributed by atoms with Gasteiger partial charge in [-0.25, -0.2) is 0 Å². The molecule has 0 atom stereocenters. The molecule has 2 aromatic carbocycles. The lowest BCUT2D eigenvalue weighted by atomic mass is 10.1. The second-order valence-corrected chi connectivity index (χ2v) is 5.24. The van der Waals surface area contributed by atoms with Crippen molar-refractivity contribution in [2.45, 2.75) is 13.0 Å². The predicted molar refractivity (Wildman–Crippen MR) is 79.0 cm³/mol. The number of rotatable bonds is 2. The number of aromatic amines is 1. The van der Waals surface area contributed by atoms with Crippen LogP contribution in [0.2, 0.25) is 0 Å². The highest BCUT2D eigenvalue weighted by Gasteiger charge is 2.17. The zero-order valence-electron chi connectivity index (χ0n) is 11.2. The number of H-pyrrole nitrogens is 1. The molecule has 0 saturated heterocycles. The van der Waals surface area contributed by atoms with E-state index < -0.39 is 0 Å². The van der Waals surface area contributed by atoms with Gasteiger partial charge in [0.15, 0.2) is 0 Å². The highest BCUT2D eigenvalue weighted by molar-refractivity contribution is 5.86. The predicted octanol–water partition coefficient (Wildman–Crippen LogP) is 2.58. The molecule has 1 aromatic heterocycles. The Balaban J connectivity index is 1.74. The normalized spacial score (nSPS) is 14.2. The quantitative estimate of drug-likeness (QED) is 0.734. The Hall–Kier alpha value is -2.26. The van der Waals surface area contributed by atoms with E-state index in [0.717, 1.165) is 24.5 Å². The third kappa shape index (κ3) is 1.96. The van der Waals surface area contributed by atoms with Gasteiger partial charge in [-0.2, -0.15) is 0 Å². The fourth-order valence-electron chi connectivity index (χ4n) is 2.91. The van der Waals surface area contributed by atoms with Crippen LogP contribution in [0, 0.1) is 0 Å². The number of fused-ring (bicyclic) bond motifs is 3. The zero-order chi connectivity index (χ0) is 13.4. The monoisotopic (exact) mass is 265 g/mol. The lowest BCUT2D eigenvalue weighted by Gasteiger charge is -2.10. The van der Waals surface area contributed by atoms with E-state index in [0.29, 0.717) is 0 Å². The van der Waals surface area contributed by atoms with Crippen molar-refractivity contribution in [2.24, 2.45) is 0 Å². The van der Waals surface area contributed by atoms with Crippen molar-refractivity contribution in [1.29, 1.82) is 0 Å². The Labute approximate surface area is 117 Å². The number of benzene rings is 2. The first-order valence-corrected chi connectivity index (χ1v) is 7.08. The third-order valence-electron chi connectivity index (χ3n) is 3.89. The Kier molecular flexibility index (Phi) is 2.71. The average Bonchev–Trinajstić information content (AvgIpc) is 2.86. The molecule has 0 unspecified atom stereocenters. The van der Waals surface area contributed by atoms with Gasteiger partial charge in [0.05, 0.1) is 6.54 Å². The fourth-order valence-corrected chi connectivity index (χ4v) is 2.91. The maximum Gasteiger partial charge on any atom is 0.128 e. The lowest BCUT2D eigenvalue weighted by Crippen LogP contribution is -2.84. The van der Waals surface area contributed by atoms with Crippen molar-refractivity contribution in [1.82, 2.24) is 4.98 Å². The number of ether oxygens (including phenoxy) is 1. The standard InChI is InChI=1S/C17H16N2O/c1-2-4-12(5-3-1)20-13-6-7-16-14(10-13)15-11-18-9-8-17(15)19-16/h1-7,10,18-19H,8-9,11H2/p+1. The molecule has 3 N–H and O–H groups in total. The smallest absolute Gasteiger partial charge is 0.128 e. The molecule has 100 valence electrons. The molecular weight excluding hydrogens is 248 g/mol. The summed E-state index contributed by atoms with van der Waals surface area (Å²) >= 11 is 0. The summed E-state index contributed by atoms with van der Waals surface area (Å²) in [6.45, 7) is 2.23. The van der Waals surface area contributed by atoms with Crippen LogP contribution in [0.1, 0.15) is 11.3 Å². The minimum atomic E-state index is 0.878. The summed E-state index contributed by atoms with van der Waals surface area (Å²) in [5, 5.41) is 3.66. The maximum absolute atomic E-state index is 5.92. The molecule has 3 heteroatoms. The summed E-state index contributed by atoms with van der Waals surface area (Å²) in [4.78, 5) is 3.53. The molecule has 0 amide bonds. The fraction of sp³-hybridized carbons (Fsp3) is 0.176. The molecule has 0 fully saturated rings. The van der Waals surface area contributed by atoms with E-state index in [4.69, 9.17) is 4.74 Å². The number of aromatic nitrogens is 1. The number of hydrogen-bond acceptors (Lipinski definition) is 1. The topological polar surface area (TPSA) is 41.6 Å². The van der Waals surface area contributed by atoms with Gasteiger partial charge in [0.1, 0.15) is 18.0 Å². The van der Waals surface area contributed by atoms with Crippen LogP contribution in [-0.2, 0) is 13.0 Å². The van der Waals surface area contributed by atoms with Crippen molar-refractivity contribution in [2.75, 3.05) is 6.54 Å². The third-order valence-corrected chi connectivity index (χ3v) is 3.89. The molecule has 1 aliphatic heterocycles. The summed E-state index contributed by atoms with van der Waals surface area (Å²) in [5.41, 5.74) is 4.04. The van der Waals surface area contributed by atoms with Crippen LogP contribution < -0.4 is 10.1 Å². The first kappa shape index (κ1) is 11.6. The van der Waals surface area contributed by atoms with Crippen LogP contribution in [0.15, 0.2) is 48.5 Å². The van der Waals surface area contributed by atoms with Crippen molar-refractivity contribution < 1.29 is 10.1 Å². The first-order valence-electron chi connectivity index (χ1n) is 7.08. The molecular formula is C17H17N2O+. The van der Waals surface area contributed by atoms with Gasteiger partial charge < -0.3 is 15.0 Å². The van der Waals surface area contributed by atoms with Gasteiger partial charge in [-0.1, -0.05) is 18.2 Å². The van der Waals surface area contributed by atoms with E-state index in [1.807, 2.05) is 36.4 Å². The van der Waals surface area contributed by atoms with Gasteiger partial charge in [-0.15, -0.1) is 0 Å². The summed E-state index contributed by atoms with van der Waals surface area (Å²) < 4.78 is 5.92. The van der Waals surface area contributed by atoms with Crippen LogP contribution in [0.25, 0.3) is 10.9 Å². The molecule has 20 heavy (non-hydrogen) atoms. The highest BCUT2D eigenvalue weighted by atomic mass is 16.5. The summed E-state index contributed by atoms with van der Waals surface area (Å²) in [7, 11) is 0. The van der Waals surface area contributed by atoms with Gasteiger partial charge in [0.25, 0.3) is 0 Å². The summed E-state index contributed by atoms with van der Waals surface area (Å²) in [6, 6.07) is 16.2. The van der Waals surface area contributed by atoms with Gasteiger partial charge in [-0.3, -0.25) is 0 Å². The molecule has 3 aromatic rings. The van der Waals surface area contributed by atoms with Crippen LogP contribution in [0.5, 0.6) is 11.5 Å². The molecule has 1 aliphatic rings. The Bertz CT molecular complexity index is 746. The molecule has 0 radical (unpaired) electrons. The molecule has 0 aliphatic carbocycles. The van der Waals surface area contributed by atoms with E-state index in [9.17, 15) is 0 Å². The van der Waals surface area contributed by atoms with Gasteiger partial charge in [0.2, 0.25) is 0 Å². The zero-order valence-corrected chi connectivity index (χ0v) is 11.2. The largest absolute Gasteiger partial charge is 0.457 e. The number of nitrogens with two attached hydrogens (primary N) is 1. The summed E-state index contributed by atoms with van der Waals surface area (Å²) in [5.74, 6) is 1.78. The van der Waals surface area contributed by atoms with Crippen LogP contribution in [0.3, 0.4) is 0 Å². The second kappa shape index (κ2) is 4.69. The van der Waals surface area contributed by atoms with Crippen molar-refractivity contribution >= 4 is 10.9 Å². The minimum absolute atomic E-state index is 0.878. The second-order valence-electron chi connectivity index (χ2n) is 5.24. The van der Waals surface area contributed by atoms with Crippen LogP contribution >= 0.6 is 0 Å². The van der Waals surface area contributed by atoms with Gasteiger partial charge >= 0.3 is 0 Å². The highest BCUT2D eigenvalue weighted by Crippen LogP contribution is 2.29. The van der Waals surface area contributed by atoms with E-state index in [2.05, 4.69) is 22.4 Å². The maximum atomic E-state index is 5.92. The lowest BCUT2D eigenvalue weighted by molar-refractivity contribution is -0.673. The van der Waals surface area contributed by atoms with Crippen molar-refractivity contribution in [3.8, 4) is 11.5 Å². The van der Waals surface area contributed by atoms with E-state index in [1.54, 1.807) is 0 Å². The SMILES string of the molecule is c1ccc(Oc2ccc3[nH]c4c(c3c2)C[NH2+]CC4)cc1. The summed E-state index contributed by atoms with van der Waals surface area (Å²) in [6.07, 6.45) is 1.12. The van der Waals surface area contributed by atoms with Crippen LogP contribution in [0.4, 0.5) is 0 Å². The molecule has 0 bridgehead atoms. The number of para-hydroxylation sites is 1. The number of hydrogen-bond donors (Lipinski definition) is 2. The average molecular weight is 265 g/mol. The molecule has 0 spiro atoms. The van der Waals surface area contributed by atoms with Crippen molar-refractivity contribution in [3.05, 3.63) is 59.8 Å². The Morgan fingerprint density at radius 1 is 1.00 bits per heavy atom. The number of nitrogens with one attached hydrogen (secondary N) is 1. The number of quaternary nitrogens is 1. The Morgan fingerprint density at radius 3 is 2.80 bits per heavy atom. The van der Waals surface area contributed by atoms with Gasteiger partial charge in [-0.05, 0) is 30.3 Å². The molecule has 4 rings (SSSR count). The van der Waals surface area contributed by atoms with Crippen molar-refractivity contribution in [3.63, 3.8) is 0 Å².